The van der Waals surface area contributed by atoms with E-state index in [0.717, 1.165) is 43.5 Å². The van der Waals surface area contributed by atoms with Crippen LogP contribution in [0.1, 0.15) is 13.8 Å². The molecule has 1 saturated heterocycles. The third-order valence-electron chi connectivity index (χ3n) is 4.11. The maximum Gasteiger partial charge on any atom is 0.225 e. The van der Waals surface area contributed by atoms with Gasteiger partial charge in [0, 0.05) is 37.8 Å². The minimum atomic E-state index is 0.0553. The van der Waals surface area contributed by atoms with Crippen LogP contribution in [0.15, 0.2) is 42.5 Å². The maximum absolute atomic E-state index is 12.0. The van der Waals surface area contributed by atoms with Crippen LogP contribution in [0.25, 0.3) is 0 Å². The average Bonchev–Trinajstić information content (AvgIpc) is 2.63. The molecule has 6 heteroatoms. The minimum absolute atomic E-state index is 0.0553. The van der Waals surface area contributed by atoms with Crippen molar-refractivity contribution in [2.24, 2.45) is 5.92 Å². The van der Waals surface area contributed by atoms with Crippen molar-refractivity contribution in [2.75, 3.05) is 36.4 Å². The molecule has 0 saturated carbocycles. The van der Waals surface area contributed by atoms with Gasteiger partial charge in [-0.05, 0) is 24.3 Å². The van der Waals surface area contributed by atoms with Gasteiger partial charge in [0.1, 0.15) is 0 Å². The van der Waals surface area contributed by atoms with E-state index >= 15 is 0 Å². The fraction of sp³-hybridized carbons (Fsp3) is 0.389. The Hall–Kier alpha value is -2.63. The smallest absolute Gasteiger partial charge is 0.225 e. The Morgan fingerprint density at radius 2 is 1.71 bits per heavy atom. The monoisotopic (exact) mass is 325 g/mol. The predicted molar refractivity (Wildman–Crippen MR) is 95.4 cm³/mol. The van der Waals surface area contributed by atoms with Crippen LogP contribution in [0.5, 0.6) is 0 Å². The number of hydrogen-bond donors (Lipinski definition) is 1. The van der Waals surface area contributed by atoms with Crippen molar-refractivity contribution >= 4 is 23.2 Å². The lowest BCUT2D eigenvalue weighted by molar-refractivity contribution is -0.134. The molecule has 0 bridgehead atoms. The van der Waals surface area contributed by atoms with Gasteiger partial charge in [0.05, 0.1) is 0 Å². The zero-order valence-corrected chi connectivity index (χ0v) is 14.1. The van der Waals surface area contributed by atoms with Gasteiger partial charge in [0.15, 0.2) is 11.6 Å². The number of amides is 1. The summed E-state index contributed by atoms with van der Waals surface area (Å²) >= 11 is 0. The van der Waals surface area contributed by atoms with Gasteiger partial charge in [0.2, 0.25) is 5.91 Å². The number of carbonyl (C=O) groups excluding carboxylic acids is 1. The summed E-state index contributed by atoms with van der Waals surface area (Å²) in [6, 6.07) is 13.8. The molecule has 126 valence electrons. The third-order valence-corrected chi connectivity index (χ3v) is 4.11. The Bertz CT molecular complexity index is 664. The molecule has 2 aromatic rings. The molecule has 0 unspecified atom stereocenters. The van der Waals surface area contributed by atoms with E-state index in [1.807, 2.05) is 61.2 Å². The van der Waals surface area contributed by atoms with Gasteiger partial charge in [-0.25, -0.2) is 0 Å². The number of nitrogens with zero attached hydrogens (tertiary/aromatic N) is 4. The zero-order valence-electron chi connectivity index (χ0n) is 14.1. The van der Waals surface area contributed by atoms with Crippen molar-refractivity contribution in [2.45, 2.75) is 13.8 Å². The van der Waals surface area contributed by atoms with Crippen LogP contribution in [-0.2, 0) is 4.79 Å². The number of piperazine rings is 1. The van der Waals surface area contributed by atoms with E-state index < -0.39 is 0 Å². The lowest BCUT2D eigenvalue weighted by Crippen LogP contribution is -2.50. The summed E-state index contributed by atoms with van der Waals surface area (Å²) in [6.45, 7) is 6.94. The van der Waals surface area contributed by atoms with Gasteiger partial charge in [-0.1, -0.05) is 32.0 Å². The Morgan fingerprint density at radius 1 is 1.00 bits per heavy atom. The molecule has 1 fully saturated rings. The van der Waals surface area contributed by atoms with Gasteiger partial charge in [-0.2, -0.15) is 0 Å². The summed E-state index contributed by atoms with van der Waals surface area (Å²) in [4.78, 5) is 16.1. The van der Waals surface area contributed by atoms with Crippen molar-refractivity contribution in [3.63, 3.8) is 0 Å². The van der Waals surface area contributed by atoms with Crippen LogP contribution in [0, 0.1) is 5.92 Å². The average molecular weight is 325 g/mol. The van der Waals surface area contributed by atoms with Crippen LogP contribution in [0.3, 0.4) is 0 Å². The lowest BCUT2D eigenvalue weighted by atomic mass is 10.1. The predicted octanol–water partition coefficient (Wildman–Crippen LogP) is 2.52. The van der Waals surface area contributed by atoms with Crippen LogP contribution >= 0.6 is 0 Å². The first-order valence-electron chi connectivity index (χ1n) is 8.33. The Kier molecular flexibility index (Phi) is 4.93. The second-order valence-electron chi connectivity index (χ2n) is 6.23. The Labute approximate surface area is 142 Å². The number of benzene rings is 1. The summed E-state index contributed by atoms with van der Waals surface area (Å²) in [6.07, 6.45) is 0. The molecule has 6 nitrogen and oxygen atoms in total. The van der Waals surface area contributed by atoms with E-state index in [1.54, 1.807) is 0 Å². The van der Waals surface area contributed by atoms with E-state index in [1.165, 1.54) is 0 Å². The molecule has 1 aliphatic rings. The van der Waals surface area contributed by atoms with E-state index in [0.29, 0.717) is 0 Å². The van der Waals surface area contributed by atoms with Gasteiger partial charge < -0.3 is 15.1 Å². The molecule has 0 atom stereocenters. The van der Waals surface area contributed by atoms with Crippen LogP contribution in [-0.4, -0.2) is 47.2 Å². The van der Waals surface area contributed by atoms with Gasteiger partial charge >= 0.3 is 0 Å². The molecular weight excluding hydrogens is 302 g/mol. The van der Waals surface area contributed by atoms with E-state index in [-0.39, 0.29) is 11.8 Å². The highest BCUT2D eigenvalue weighted by Crippen LogP contribution is 2.17. The quantitative estimate of drug-likeness (QED) is 0.936. The second-order valence-corrected chi connectivity index (χ2v) is 6.23. The molecule has 1 amide bonds. The number of hydrogen-bond acceptors (Lipinski definition) is 5. The number of carbonyl (C=O) groups is 1. The maximum atomic E-state index is 12.0. The first kappa shape index (κ1) is 16.2. The van der Waals surface area contributed by atoms with Crippen molar-refractivity contribution in [1.29, 1.82) is 0 Å². The molecule has 1 aromatic carbocycles. The van der Waals surface area contributed by atoms with E-state index in [9.17, 15) is 4.79 Å². The third kappa shape index (κ3) is 3.82. The largest absolute Gasteiger partial charge is 0.352 e. The van der Waals surface area contributed by atoms with Crippen molar-refractivity contribution in [3.05, 3.63) is 42.5 Å². The molecule has 1 aromatic heterocycles. The van der Waals surface area contributed by atoms with Crippen molar-refractivity contribution in [3.8, 4) is 0 Å². The van der Waals surface area contributed by atoms with Gasteiger partial charge in [-0.15, -0.1) is 10.2 Å². The first-order chi connectivity index (χ1) is 11.6. The highest BCUT2D eigenvalue weighted by atomic mass is 16.2. The summed E-state index contributed by atoms with van der Waals surface area (Å²) in [5, 5.41) is 11.8. The molecule has 24 heavy (non-hydrogen) atoms. The normalized spacial score (nSPS) is 14.8. The molecule has 3 rings (SSSR count). The topological polar surface area (TPSA) is 61.4 Å². The Balaban J connectivity index is 1.58. The summed E-state index contributed by atoms with van der Waals surface area (Å²) in [7, 11) is 0. The van der Waals surface area contributed by atoms with E-state index in [4.69, 9.17) is 0 Å². The van der Waals surface area contributed by atoms with Crippen molar-refractivity contribution < 1.29 is 4.79 Å². The fourth-order valence-corrected chi connectivity index (χ4v) is 2.75. The van der Waals surface area contributed by atoms with Crippen LogP contribution < -0.4 is 10.2 Å². The molecule has 0 radical (unpaired) electrons. The molecule has 1 N–H and O–H groups in total. The molecule has 2 heterocycles. The standard InChI is InChI=1S/C18H23N5O/c1-14(2)18(24)23-12-10-22(11-13-23)17-9-8-16(20-21-17)19-15-6-4-3-5-7-15/h3-9,14H,10-13H2,1-2H3,(H,19,20). The van der Waals surface area contributed by atoms with Crippen molar-refractivity contribution in [1.82, 2.24) is 15.1 Å². The zero-order chi connectivity index (χ0) is 16.9. The summed E-state index contributed by atoms with van der Waals surface area (Å²) in [5.74, 6) is 1.85. The summed E-state index contributed by atoms with van der Waals surface area (Å²) < 4.78 is 0. The highest BCUT2D eigenvalue weighted by Gasteiger charge is 2.23. The van der Waals surface area contributed by atoms with Gasteiger partial charge in [0.25, 0.3) is 0 Å². The number of nitrogens with one attached hydrogen (secondary N) is 1. The lowest BCUT2D eigenvalue weighted by Gasteiger charge is -2.36. The molecular formula is C18H23N5O. The molecule has 0 spiro atoms. The van der Waals surface area contributed by atoms with Gasteiger partial charge in [-0.3, -0.25) is 4.79 Å². The summed E-state index contributed by atoms with van der Waals surface area (Å²) in [5.41, 5.74) is 0.986. The van der Waals surface area contributed by atoms with Crippen LogP contribution in [0.2, 0.25) is 0 Å². The Morgan fingerprint density at radius 3 is 2.29 bits per heavy atom. The number of para-hydroxylation sites is 1. The second kappa shape index (κ2) is 7.29. The highest BCUT2D eigenvalue weighted by molar-refractivity contribution is 5.78. The van der Waals surface area contributed by atoms with Crippen LogP contribution in [0.4, 0.5) is 17.3 Å². The minimum Gasteiger partial charge on any atom is -0.352 e. The first-order valence-corrected chi connectivity index (χ1v) is 8.33. The molecule has 0 aliphatic carbocycles. The molecule has 1 aliphatic heterocycles. The number of aromatic nitrogens is 2. The SMILES string of the molecule is CC(C)C(=O)N1CCN(c2ccc(Nc3ccccc3)nn2)CC1. The number of anilines is 3. The number of rotatable bonds is 4. The fourth-order valence-electron chi connectivity index (χ4n) is 2.75. The van der Waals surface area contributed by atoms with E-state index in [2.05, 4.69) is 20.4 Å².